The Morgan fingerprint density at radius 1 is 0.950 bits per heavy atom. The zero-order valence-electron chi connectivity index (χ0n) is 23.4. The molecule has 1 aliphatic heterocycles. The minimum absolute atomic E-state index is 0.0460. The minimum atomic E-state index is -4.77. The lowest BCUT2D eigenvalue weighted by Gasteiger charge is -2.39. The van der Waals surface area contributed by atoms with Gasteiger partial charge in [-0.05, 0) is 95.8 Å². The van der Waals surface area contributed by atoms with Crippen molar-refractivity contribution in [2.75, 3.05) is 13.1 Å². The zero-order chi connectivity index (χ0) is 29.2. The normalized spacial score (nSPS) is 17.0. The first-order valence-electron chi connectivity index (χ1n) is 13.8. The monoisotopic (exact) mass is 555 g/mol. The van der Waals surface area contributed by atoms with Crippen LogP contribution in [0, 0.1) is 17.2 Å². The number of carboxylic acid groups (broad SMARTS) is 1. The summed E-state index contributed by atoms with van der Waals surface area (Å²) in [5.74, 6) is -2.54. The summed E-state index contributed by atoms with van der Waals surface area (Å²) in [7, 11) is 0. The predicted molar refractivity (Wildman–Crippen MR) is 150 cm³/mol. The number of rotatable bonds is 7. The highest BCUT2D eigenvalue weighted by atomic mass is 19.4. The SMILES string of the molecule is CC1CCN([C@@H](c2ccc(F)cc2)c2cc(C(F)(F)F)c([C@H](CC(C)(C)C)C(=O)O)cc2-c2ccccc2)CC1. The van der Waals surface area contributed by atoms with E-state index in [-0.39, 0.29) is 12.0 Å². The summed E-state index contributed by atoms with van der Waals surface area (Å²) in [5, 5.41) is 10.1. The summed E-state index contributed by atoms with van der Waals surface area (Å²) in [6, 6.07) is 17.1. The molecule has 214 valence electrons. The number of halogens is 4. The fourth-order valence-electron chi connectivity index (χ4n) is 5.72. The number of aliphatic carboxylic acids is 1. The molecule has 1 N–H and O–H groups in total. The Balaban J connectivity index is 2.04. The Kier molecular flexibility index (Phi) is 8.74. The summed E-state index contributed by atoms with van der Waals surface area (Å²) >= 11 is 0. The molecule has 2 atom stereocenters. The molecule has 3 aromatic carbocycles. The molecule has 0 aromatic heterocycles. The molecule has 0 amide bonds. The molecule has 1 fully saturated rings. The Labute approximate surface area is 233 Å². The van der Waals surface area contributed by atoms with Gasteiger partial charge in [-0.15, -0.1) is 0 Å². The minimum Gasteiger partial charge on any atom is -0.481 e. The third-order valence-corrected chi connectivity index (χ3v) is 7.77. The van der Waals surface area contributed by atoms with Crippen molar-refractivity contribution >= 4 is 5.97 Å². The van der Waals surface area contributed by atoms with Gasteiger partial charge in [-0.3, -0.25) is 9.69 Å². The predicted octanol–water partition coefficient (Wildman–Crippen LogP) is 8.94. The number of carboxylic acids is 1. The van der Waals surface area contributed by atoms with Gasteiger partial charge >= 0.3 is 12.1 Å². The molecule has 1 aliphatic rings. The molecule has 0 saturated carbocycles. The number of alkyl halides is 3. The lowest BCUT2D eigenvalue weighted by Crippen LogP contribution is -2.37. The molecule has 40 heavy (non-hydrogen) atoms. The van der Waals surface area contributed by atoms with Crippen LogP contribution in [0.25, 0.3) is 11.1 Å². The van der Waals surface area contributed by atoms with Gasteiger partial charge in [-0.2, -0.15) is 13.2 Å². The molecule has 4 rings (SSSR count). The third-order valence-electron chi connectivity index (χ3n) is 7.77. The van der Waals surface area contributed by atoms with Gasteiger partial charge in [0.05, 0.1) is 17.5 Å². The molecule has 0 aliphatic carbocycles. The highest BCUT2D eigenvalue weighted by Gasteiger charge is 2.41. The van der Waals surface area contributed by atoms with Crippen LogP contribution in [0.3, 0.4) is 0 Å². The molecule has 0 unspecified atom stereocenters. The number of benzene rings is 3. The summed E-state index contributed by atoms with van der Waals surface area (Å²) in [4.78, 5) is 14.6. The molecule has 3 aromatic rings. The maximum Gasteiger partial charge on any atom is 0.416 e. The van der Waals surface area contributed by atoms with E-state index >= 15 is 0 Å². The number of piperidine rings is 1. The molecule has 0 spiro atoms. The van der Waals surface area contributed by atoms with Crippen LogP contribution in [0.2, 0.25) is 0 Å². The third kappa shape index (κ3) is 6.92. The molecular weight excluding hydrogens is 518 g/mol. The van der Waals surface area contributed by atoms with E-state index in [9.17, 15) is 27.5 Å². The Hall–Kier alpha value is -3.19. The van der Waals surface area contributed by atoms with Crippen LogP contribution in [-0.2, 0) is 11.0 Å². The number of hydrogen-bond acceptors (Lipinski definition) is 2. The highest BCUT2D eigenvalue weighted by Crippen LogP contribution is 2.46. The number of hydrogen-bond donors (Lipinski definition) is 1. The van der Waals surface area contributed by atoms with Crippen LogP contribution in [0.1, 0.15) is 81.2 Å². The van der Waals surface area contributed by atoms with Crippen molar-refractivity contribution in [3.8, 4) is 11.1 Å². The van der Waals surface area contributed by atoms with Crippen LogP contribution in [0.15, 0.2) is 66.7 Å². The van der Waals surface area contributed by atoms with Gasteiger partial charge in [-0.1, -0.05) is 70.2 Å². The summed E-state index contributed by atoms with van der Waals surface area (Å²) in [5.41, 5.74) is 0.695. The number of carbonyl (C=O) groups is 1. The van der Waals surface area contributed by atoms with E-state index < -0.39 is 40.9 Å². The van der Waals surface area contributed by atoms with Crippen molar-refractivity contribution in [2.24, 2.45) is 11.3 Å². The summed E-state index contributed by atoms with van der Waals surface area (Å²) in [6.07, 6.45) is -2.93. The van der Waals surface area contributed by atoms with E-state index in [1.54, 1.807) is 12.1 Å². The van der Waals surface area contributed by atoms with E-state index in [1.807, 2.05) is 51.1 Å². The van der Waals surface area contributed by atoms with Crippen LogP contribution in [0.4, 0.5) is 17.6 Å². The second-order valence-electron chi connectivity index (χ2n) is 12.2. The van der Waals surface area contributed by atoms with Gasteiger partial charge in [0.25, 0.3) is 0 Å². The van der Waals surface area contributed by atoms with Crippen LogP contribution in [-0.4, -0.2) is 29.1 Å². The first-order chi connectivity index (χ1) is 18.7. The fourth-order valence-corrected chi connectivity index (χ4v) is 5.72. The van der Waals surface area contributed by atoms with E-state index in [2.05, 4.69) is 11.8 Å². The lowest BCUT2D eigenvalue weighted by molar-refractivity contribution is -0.142. The first-order valence-corrected chi connectivity index (χ1v) is 13.8. The van der Waals surface area contributed by atoms with Crippen molar-refractivity contribution < 1.29 is 27.5 Å². The Morgan fingerprint density at radius 2 is 1.55 bits per heavy atom. The van der Waals surface area contributed by atoms with Crippen molar-refractivity contribution in [1.29, 1.82) is 0 Å². The van der Waals surface area contributed by atoms with E-state index in [0.717, 1.165) is 18.9 Å². The first kappa shape index (κ1) is 29.8. The largest absolute Gasteiger partial charge is 0.481 e. The van der Waals surface area contributed by atoms with Gasteiger partial charge in [0.1, 0.15) is 5.82 Å². The smallest absolute Gasteiger partial charge is 0.416 e. The average molecular weight is 556 g/mol. The molecular formula is C33H37F4NO2. The van der Waals surface area contributed by atoms with Gasteiger partial charge < -0.3 is 5.11 Å². The van der Waals surface area contributed by atoms with Crippen LogP contribution in [0.5, 0.6) is 0 Å². The molecule has 1 heterocycles. The van der Waals surface area contributed by atoms with E-state index in [4.69, 9.17) is 0 Å². The van der Waals surface area contributed by atoms with Crippen LogP contribution < -0.4 is 0 Å². The zero-order valence-corrected chi connectivity index (χ0v) is 23.4. The highest BCUT2D eigenvalue weighted by molar-refractivity contribution is 5.79. The van der Waals surface area contributed by atoms with Crippen molar-refractivity contribution in [1.82, 2.24) is 4.90 Å². The Morgan fingerprint density at radius 3 is 2.08 bits per heavy atom. The second-order valence-corrected chi connectivity index (χ2v) is 12.2. The summed E-state index contributed by atoms with van der Waals surface area (Å²) < 4.78 is 58.3. The van der Waals surface area contributed by atoms with E-state index in [1.165, 1.54) is 18.2 Å². The topological polar surface area (TPSA) is 40.5 Å². The van der Waals surface area contributed by atoms with Gasteiger partial charge in [0, 0.05) is 0 Å². The van der Waals surface area contributed by atoms with Crippen molar-refractivity contribution in [2.45, 2.75) is 65.1 Å². The van der Waals surface area contributed by atoms with Crippen LogP contribution >= 0.6 is 0 Å². The maximum absolute atomic E-state index is 14.8. The molecule has 0 bridgehead atoms. The van der Waals surface area contributed by atoms with Crippen molar-refractivity contribution in [3.63, 3.8) is 0 Å². The molecule has 0 radical (unpaired) electrons. The second kappa shape index (κ2) is 11.7. The molecule has 3 nitrogen and oxygen atoms in total. The van der Waals surface area contributed by atoms with E-state index in [0.29, 0.717) is 41.3 Å². The maximum atomic E-state index is 14.8. The quantitative estimate of drug-likeness (QED) is 0.296. The van der Waals surface area contributed by atoms with Gasteiger partial charge in [-0.25, -0.2) is 4.39 Å². The number of nitrogens with zero attached hydrogens (tertiary/aromatic N) is 1. The standard InChI is InChI=1S/C33H37F4NO2/c1-21-14-16-38(17-15-21)30(23-10-12-24(34)13-11-23)27-19-29(33(35,36)37)26(28(31(39)40)20-32(2,3)4)18-25(27)22-8-6-5-7-9-22/h5-13,18-19,21,28,30H,14-17,20H2,1-4H3,(H,39,40)/t28-,30-/m0/s1. The van der Waals surface area contributed by atoms with Gasteiger partial charge in [0.15, 0.2) is 0 Å². The van der Waals surface area contributed by atoms with Gasteiger partial charge in [0.2, 0.25) is 0 Å². The summed E-state index contributed by atoms with van der Waals surface area (Å²) in [6.45, 7) is 9.00. The molecule has 7 heteroatoms. The number of likely N-dealkylation sites (tertiary alicyclic amines) is 1. The Bertz CT molecular complexity index is 1310. The fraction of sp³-hybridized carbons (Fsp3) is 0.424. The molecule has 1 saturated heterocycles. The lowest BCUT2D eigenvalue weighted by atomic mass is 9.77. The van der Waals surface area contributed by atoms with Crippen molar-refractivity contribution in [3.05, 3.63) is 94.8 Å². The average Bonchev–Trinajstić information content (AvgIpc) is 2.89.